The molecule has 0 amide bonds. The van der Waals surface area contributed by atoms with Crippen LogP contribution in [0.5, 0.6) is 5.75 Å². The average molecular weight is 275 g/mol. The molecule has 0 fully saturated rings. The summed E-state index contributed by atoms with van der Waals surface area (Å²) in [5, 5.41) is 9.64. The van der Waals surface area contributed by atoms with Crippen LogP contribution in [0.1, 0.15) is 22.6 Å². The summed E-state index contributed by atoms with van der Waals surface area (Å²) in [7, 11) is 0. The Bertz CT molecular complexity index is 684. The third-order valence-corrected chi connectivity index (χ3v) is 3.65. The molecule has 0 saturated carbocycles. The molecule has 0 heterocycles. The Morgan fingerprint density at radius 2 is 1.19 bits per heavy atom. The molecule has 0 aliphatic rings. The van der Waals surface area contributed by atoms with Crippen molar-refractivity contribution in [3.8, 4) is 5.75 Å². The van der Waals surface area contributed by atoms with Gasteiger partial charge in [-0.1, -0.05) is 66.7 Å². The normalized spacial score (nSPS) is 10.7. The Morgan fingerprint density at radius 3 is 1.67 bits per heavy atom. The SMILES string of the molecule is Nc1cc(C(c2ccccc2)c2ccccc2)ccc1O. The van der Waals surface area contributed by atoms with E-state index in [1.165, 1.54) is 11.1 Å². The van der Waals surface area contributed by atoms with Gasteiger partial charge in [-0.2, -0.15) is 0 Å². The molecule has 3 aromatic carbocycles. The lowest BCUT2D eigenvalue weighted by Crippen LogP contribution is -2.04. The number of phenols is 1. The largest absolute Gasteiger partial charge is 0.506 e. The van der Waals surface area contributed by atoms with E-state index in [2.05, 4.69) is 24.3 Å². The van der Waals surface area contributed by atoms with Crippen molar-refractivity contribution in [1.82, 2.24) is 0 Å². The van der Waals surface area contributed by atoms with Gasteiger partial charge in [0.1, 0.15) is 5.75 Å². The van der Waals surface area contributed by atoms with Crippen molar-refractivity contribution >= 4 is 5.69 Å². The van der Waals surface area contributed by atoms with Gasteiger partial charge in [0, 0.05) is 5.92 Å². The first-order valence-corrected chi connectivity index (χ1v) is 6.94. The first-order valence-electron chi connectivity index (χ1n) is 6.94. The summed E-state index contributed by atoms with van der Waals surface area (Å²) in [5.74, 6) is 0.230. The number of phenolic OH excluding ortho intramolecular Hbond substituents is 1. The van der Waals surface area contributed by atoms with Crippen molar-refractivity contribution in [2.45, 2.75) is 5.92 Å². The standard InChI is InChI=1S/C19H17NO/c20-17-13-16(11-12-18(17)21)19(14-7-3-1-4-8-14)15-9-5-2-6-10-15/h1-13,19,21H,20H2. The molecular formula is C19H17NO. The smallest absolute Gasteiger partial charge is 0.138 e. The van der Waals surface area contributed by atoms with E-state index in [0.29, 0.717) is 5.69 Å². The minimum absolute atomic E-state index is 0.107. The van der Waals surface area contributed by atoms with Crippen LogP contribution >= 0.6 is 0 Å². The molecule has 0 bridgehead atoms. The van der Waals surface area contributed by atoms with Gasteiger partial charge in [-0.3, -0.25) is 0 Å². The maximum Gasteiger partial charge on any atom is 0.138 e. The molecule has 0 unspecified atom stereocenters. The Labute approximate surface area is 124 Å². The molecule has 0 radical (unpaired) electrons. The fourth-order valence-corrected chi connectivity index (χ4v) is 2.62. The molecule has 3 rings (SSSR count). The van der Waals surface area contributed by atoms with E-state index in [-0.39, 0.29) is 11.7 Å². The summed E-state index contributed by atoms with van der Waals surface area (Å²) in [4.78, 5) is 0. The van der Waals surface area contributed by atoms with Crippen LogP contribution in [0.3, 0.4) is 0 Å². The van der Waals surface area contributed by atoms with E-state index in [9.17, 15) is 5.11 Å². The van der Waals surface area contributed by atoms with E-state index < -0.39 is 0 Å². The number of rotatable bonds is 3. The number of hydrogen-bond donors (Lipinski definition) is 2. The lowest BCUT2D eigenvalue weighted by atomic mass is 9.85. The van der Waals surface area contributed by atoms with Crippen LogP contribution in [0.2, 0.25) is 0 Å². The number of aromatic hydroxyl groups is 1. The number of anilines is 1. The molecule has 3 N–H and O–H groups in total. The fourth-order valence-electron chi connectivity index (χ4n) is 2.62. The average Bonchev–Trinajstić information content (AvgIpc) is 2.53. The summed E-state index contributed by atoms with van der Waals surface area (Å²) in [6.07, 6.45) is 0. The highest BCUT2D eigenvalue weighted by atomic mass is 16.3. The van der Waals surface area contributed by atoms with Crippen molar-refractivity contribution < 1.29 is 5.11 Å². The van der Waals surface area contributed by atoms with Gasteiger partial charge in [-0.25, -0.2) is 0 Å². The molecule has 3 aromatic rings. The lowest BCUT2D eigenvalue weighted by Gasteiger charge is -2.19. The van der Waals surface area contributed by atoms with Gasteiger partial charge >= 0.3 is 0 Å². The zero-order valence-electron chi connectivity index (χ0n) is 11.6. The molecule has 0 aliphatic carbocycles. The zero-order valence-corrected chi connectivity index (χ0v) is 11.6. The Balaban J connectivity index is 2.14. The fraction of sp³-hybridized carbons (Fsp3) is 0.0526. The second kappa shape index (κ2) is 5.71. The van der Waals surface area contributed by atoms with Crippen LogP contribution in [-0.4, -0.2) is 5.11 Å². The van der Waals surface area contributed by atoms with Crippen LogP contribution in [0.25, 0.3) is 0 Å². The highest BCUT2D eigenvalue weighted by Gasteiger charge is 2.17. The van der Waals surface area contributed by atoms with Crippen LogP contribution in [0, 0.1) is 0 Å². The summed E-state index contributed by atoms with van der Waals surface area (Å²) in [5.41, 5.74) is 9.75. The second-order valence-corrected chi connectivity index (χ2v) is 5.07. The van der Waals surface area contributed by atoms with Crippen LogP contribution in [-0.2, 0) is 0 Å². The Morgan fingerprint density at radius 1 is 0.667 bits per heavy atom. The molecule has 0 saturated heterocycles. The van der Waals surface area contributed by atoms with Crippen molar-refractivity contribution in [2.24, 2.45) is 0 Å². The minimum Gasteiger partial charge on any atom is -0.506 e. The molecule has 0 aliphatic heterocycles. The van der Waals surface area contributed by atoms with Crippen molar-refractivity contribution in [3.63, 3.8) is 0 Å². The van der Waals surface area contributed by atoms with Gasteiger partial charge < -0.3 is 10.8 Å². The summed E-state index contributed by atoms with van der Waals surface area (Å²) >= 11 is 0. The number of benzene rings is 3. The molecule has 2 heteroatoms. The minimum atomic E-state index is 0.107. The van der Waals surface area contributed by atoms with Crippen LogP contribution in [0.15, 0.2) is 78.9 Å². The van der Waals surface area contributed by atoms with E-state index in [4.69, 9.17) is 5.73 Å². The van der Waals surface area contributed by atoms with E-state index in [1.54, 1.807) is 6.07 Å². The Kier molecular flexibility index (Phi) is 3.61. The number of hydrogen-bond acceptors (Lipinski definition) is 2. The van der Waals surface area contributed by atoms with Gasteiger partial charge in [0.25, 0.3) is 0 Å². The van der Waals surface area contributed by atoms with Crippen molar-refractivity contribution in [2.75, 3.05) is 5.73 Å². The molecule has 0 aromatic heterocycles. The quantitative estimate of drug-likeness (QED) is 0.428. The second-order valence-electron chi connectivity index (χ2n) is 5.07. The van der Waals surface area contributed by atoms with Gasteiger partial charge in [0.15, 0.2) is 0 Å². The number of nitrogen functional groups attached to an aromatic ring is 1. The number of nitrogens with two attached hydrogens (primary N) is 1. The first kappa shape index (κ1) is 13.3. The monoisotopic (exact) mass is 275 g/mol. The predicted octanol–water partition coefficient (Wildman–Crippen LogP) is 4.15. The maximum absolute atomic E-state index is 9.64. The zero-order chi connectivity index (χ0) is 14.7. The maximum atomic E-state index is 9.64. The topological polar surface area (TPSA) is 46.2 Å². The third kappa shape index (κ3) is 2.75. The van der Waals surface area contributed by atoms with Gasteiger partial charge in [-0.15, -0.1) is 0 Å². The summed E-state index contributed by atoms with van der Waals surface area (Å²) in [6.45, 7) is 0. The van der Waals surface area contributed by atoms with E-state index >= 15 is 0 Å². The third-order valence-electron chi connectivity index (χ3n) is 3.65. The summed E-state index contributed by atoms with van der Waals surface area (Å²) < 4.78 is 0. The Hall–Kier alpha value is -2.74. The molecule has 2 nitrogen and oxygen atoms in total. The molecule has 0 spiro atoms. The van der Waals surface area contributed by atoms with E-state index in [1.807, 2.05) is 48.5 Å². The predicted molar refractivity (Wildman–Crippen MR) is 86.3 cm³/mol. The van der Waals surface area contributed by atoms with Gasteiger partial charge in [0.2, 0.25) is 0 Å². The summed E-state index contributed by atoms with van der Waals surface area (Å²) in [6, 6.07) is 26.0. The lowest BCUT2D eigenvalue weighted by molar-refractivity contribution is 0.477. The van der Waals surface area contributed by atoms with E-state index in [0.717, 1.165) is 5.56 Å². The first-order chi connectivity index (χ1) is 10.3. The van der Waals surface area contributed by atoms with Crippen LogP contribution in [0.4, 0.5) is 5.69 Å². The van der Waals surface area contributed by atoms with Gasteiger partial charge in [0.05, 0.1) is 5.69 Å². The molecule has 104 valence electrons. The van der Waals surface area contributed by atoms with Crippen LogP contribution < -0.4 is 5.73 Å². The van der Waals surface area contributed by atoms with Gasteiger partial charge in [-0.05, 0) is 28.8 Å². The highest BCUT2D eigenvalue weighted by molar-refractivity contribution is 5.56. The van der Waals surface area contributed by atoms with Crippen molar-refractivity contribution in [1.29, 1.82) is 0 Å². The molecule has 21 heavy (non-hydrogen) atoms. The molecular weight excluding hydrogens is 258 g/mol. The highest BCUT2D eigenvalue weighted by Crippen LogP contribution is 2.34. The molecule has 0 atom stereocenters. The van der Waals surface area contributed by atoms with Crippen molar-refractivity contribution in [3.05, 3.63) is 95.6 Å².